The first-order valence-corrected chi connectivity index (χ1v) is 6.42. The van der Waals surface area contributed by atoms with Gasteiger partial charge in [-0.2, -0.15) is 0 Å². The number of benzene rings is 1. The van der Waals surface area contributed by atoms with E-state index >= 15 is 0 Å². The summed E-state index contributed by atoms with van der Waals surface area (Å²) in [6.45, 7) is 0.276. The van der Waals surface area contributed by atoms with Crippen molar-refractivity contribution < 1.29 is 10.3 Å². The molecule has 0 aliphatic heterocycles. The van der Waals surface area contributed by atoms with Gasteiger partial charge in [0.05, 0.1) is 4.47 Å². The van der Waals surface area contributed by atoms with Crippen LogP contribution in [-0.4, -0.2) is 10.3 Å². The third-order valence-electron chi connectivity index (χ3n) is 3.16. The number of fused-ring (bicyclic) bond motifs is 1. The zero-order valence-corrected chi connectivity index (χ0v) is 10.7. The lowest BCUT2D eigenvalue weighted by molar-refractivity contribution is 0.160. The number of phenolic OH excluding ortho intramolecular Hbond substituents is 1. The summed E-state index contributed by atoms with van der Waals surface area (Å²) in [5.41, 5.74) is 5.37. The minimum atomic E-state index is 0.252. The Morgan fingerprint density at radius 3 is 2.75 bits per heavy atom. The van der Waals surface area contributed by atoms with E-state index in [1.165, 1.54) is 30.4 Å². The third-order valence-corrected chi connectivity index (χ3v) is 4.01. The highest BCUT2D eigenvalue weighted by molar-refractivity contribution is 9.10. The van der Waals surface area contributed by atoms with E-state index in [-0.39, 0.29) is 12.3 Å². The topological polar surface area (TPSA) is 52.5 Å². The largest absolute Gasteiger partial charge is 0.506 e. The Balaban J connectivity index is 2.46. The second-order valence-corrected chi connectivity index (χ2v) is 5.02. The van der Waals surface area contributed by atoms with Gasteiger partial charge in [-0.15, -0.1) is 0 Å². The lowest BCUT2D eigenvalue weighted by atomic mass is 9.99. The van der Waals surface area contributed by atoms with Crippen LogP contribution < -0.4 is 5.48 Å². The molecule has 0 radical (unpaired) electrons. The van der Waals surface area contributed by atoms with Crippen LogP contribution in [0, 0.1) is 0 Å². The minimum Gasteiger partial charge on any atom is -0.506 e. The van der Waals surface area contributed by atoms with Crippen LogP contribution in [0.15, 0.2) is 10.5 Å². The Morgan fingerprint density at radius 1 is 1.25 bits per heavy atom. The number of aryl methyl sites for hydroxylation is 1. The maximum absolute atomic E-state index is 9.98. The molecule has 3 nitrogen and oxygen atoms in total. The monoisotopic (exact) mass is 285 g/mol. The number of hydrogen-bond acceptors (Lipinski definition) is 3. The summed E-state index contributed by atoms with van der Waals surface area (Å²) in [6, 6.07) is 2.00. The molecule has 88 valence electrons. The highest BCUT2D eigenvalue weighted by Gasteiger charge is 2.17. The van der Waals surface area contributed by atoms with Crippen molar-refractivity contribution in [2.75, 3.05) is 0 Å². The van der Waals surface area contributed by atoms with Gasteiger partial charge < -0.3 is 10.3 Å². The van der Waals surface area contributed by atoms with E-state index in [0.29, 0.717) is 0 Å². The summed E-state index contributed by atoms with van der Waals surface area (Å²) in [7, 11) is 0. The zero-order valence-electron chi connectivity index (χ0n) is 9.09. The molecule has 3 N–H and O–H groups in total. The fourth-order valence-corrected chi connectivity index (χ4v) is 3.01. The van der Waals surface area contributed by atoms with Gasteiger partial charge in [-0.3, -0.25) is 0 Å². The number of hydroxylamine groups is 1. The molecule has 0 saturated carbocycles. The summed E-state index contributed by atoms with van der Waals surface area (Å²) in [5, 5.41) is 18.7. The Hall–Kier alpha value is -0.580. The fourth-order valence-electron chi connectivity index (χ4n) is 2.30. The normalized spacial score (nSPS) is 15.6. The molecule has 1 aromatic rings. The van der Waals surface area contributed by atoms with Crippen molar-refractivity contribution in [2.24, 2.45) is 0 Å². The Morgan fingerprint density at radius 2 is 2.00 bits per heavy atom. The molecule has 0 fully saturated rings. The zero-order chi connectivity index (χ0) is 11.5. The standard InChI is InChI=1S/C12H16BrNO2/c13-11-10-5-3-1-2-4-8(10)6-9(7-14-16)12(11)15/h6,14-16H,1-5,7H2. The lowest BCUT2D eigenvalue weighted by Gasteiger charge is -2.14. The van der Waals surface area contributed by atoms with E-state index in [0.717, 1.165) is 22.9 Å². The van der Waals surface area contributed by atoms with E-state index in [4.69, 9.17) is 5.21 Å². The number of aromatic hydroxyl groups is 1. The summed E-state index contributed by atoms with van der Waals surface area (Å²) in [6.07, 6.45) is 5.72. The van der Waals surface area contributed by atoms with Crippen molar-refractivity contribution in [3.8, 4) is 5.75 Å². The maximum atomic E-state index is 9.98. The van der Waals surface area contributed by atoms with E-state index in [1.807, 2.05) is 6.07 Å². The lowest BCUT2D eigenvalue weighted by Crippen LogP contribution is -2.08. The van der Waals surface area contributed by atoms with Crippen LogP contribution in [-0.2, 0) is 19.4 Å². The quantitative estimate of drug-likeness (QED) is 0.579. The second-order valence-electron chi connectivity index (χ2n) is 4.23. The van der Waals surface area contributed by atoms with Crippen LogP contribution in [0.5, 0.6) is 5.75 Å². The molecule has 0 atom stereocenters. The first-order valence-electron chi connectivity index (χ1n) is 5.63. The van der Waals surface area contributed by atoms with E-state index in [2.05, 4.69) is 21.4 Å². The van der Waals surface area contributed by atoms with Gasteiger partial charge in [-0.05, 0) is 52.7 Å². The molecule has 0 bridgehead atoms. The SMILES string of the molecule is ONCc1cc2c(c(Br)c1O)CCCCC2. The number of rotatable bonds is 2. The predicted molar refractivity (Wildman–Crippen MR) is 65.7 cm³/mol. The molecule has 0 unspecified atom stereocenters. The van der Waals surface area contributed by atoms with Crippen LogP contribution in [0.1, 0.15) is 36.0 Å². The summed E-state index contributed by atoms with van der Waals surface area (Å²) >= 11 is 3.46. The molecule has 0 heterocycles. The van der Waals surface area contributed by atoms with Gasteiger partial charge in [0.1, 0.15) is 5.75 Å². The van der Waals surface area contributed by atoms with Crippen LogP contribution in [0.3, 0.4) is 0 Å². The van der Waals surface area contributed by atoms with Gasteiger partial charge in [0.25, 0.3) is 0 Å². The highest BCUT2D eigenvalue weighted by Crippen LogP contribution is 2.37. The number of phenols is 1. The van der Waals surface area contributed by atoms with Crippen LogP contribution >= 0.6 is 15.9 Å². The van der Waals surface area contributed by atoms with E-state index in [1.54, 1.807) is 0 Å². The van der Waals surface area contributed by atoms with Gasteiger partial charge in [-0.1, -0.05) is 12.5 Å². The van der Waals surface area contributed by atoms with Gasteiger partial charge in [0.15, 0.2) is 0 Å². The molecular weight excluding hydrogens is 270 g/mol. The Labute approximate surface area is 104 Å². The molecule has 0 aromatic heterocycles. The number of halogens is 1. The molecule has 1 aliphatic carbocycles. The van der Waals surface area contributed by atoms with Crippen molar-refractivity contribution >= 4 is 15.9 Å². The molecule has 4 heteroatoms. The van der Waals surface area contributed by atoms with Crippen LogP contribution in [0.2, 0.25) is 0 Å². The van der Waals surface area contributed by atoms with E-state index < -0.39 is 0 Å². The molecule has 1 aliphatic rings. The molecule has 0 spiro atoms. The average Bonchev–Trinajstić information content (AvgIpc) is 2.51. The van der Waals surface area contributed by atoms with Gasteiger partial charge >= 0.3 is 0 Å². The Kier molecular flexibility index (Phi) is 3.84. The predicted octanol–water partition coefficient (Wildman–Crippen LogP) is 2.90. The van der Waals surface area contributed by atoms with Crippen LogP contribution in [0.4, 0.5) is 0 Å². The third kappa shape index (κ3) is 2.24. The van der Waals surface area contributed by atoms with Gasteiger partial charge in [0.2, 0.25) is 0 Å². The highest BCUT2D eigenvalue weighted by atomic mass is 79.9. The van der Waals surface area contributed by atoms with Crippen molar-refractivity contribution in [1.29, 1.82) is 0 Å². The van der Waals surface area contributed by atoms with E-state index in [9.17, 15) is 5.11 Å². The molecule has 0 saturated heterocycles. The summed E-state index contributed by atoms with van der Waals surface area (Å²) < 4.78 is 0.803. The average molecular weight is 286 g/mol. The van der Waals surface area contributed by atoms with Crippen molar-refractivity contribution in [1.82, 2.24) is 5.48 Å². The fraction of sp³-hybridized carbons (Fsp3) is 0.500. The summed E-state index contributed by atoms with van der Waals surface area (Å²) in [5.74, 6) is 0.252. The minimum absolute atomic E-state index is 0.252. The maximum Gasteiger partial charge on any atom is 0.134 e. The van der Waals surface area contributed by atoms with Crippen molar-refractivity contribution in [2.45, 2.75) is 38.6 Å². The molecule has 0 amide bonds. The Bertz CT molecular complexity index is 393. The molecule has 1 aromatic carbocycles. The van der Waals surface area contributed by atoms with Crippen molar-refractivity contribution in [3.63, 3.8) is 0 Å². The second kappa shape index (κ2) is 5.17. The smallest absolute Gasteiger partial charge is 0.134 e. The first-order chi connectivity index (χ1) is 7.74. The van der Waals surface area contributed by atoms with Crippen molar-refractivity contribution in [3.05, 3.63) is 27.2 Å². The van der Waals surface area contributed by atoms with Gasteiger partial charge in [0, 0.05) is 12.1 Å². The molecule has 2 rings (SSSR count). The van der Waals surface area contributed by atoms with Crippen LogP contribution in [0.25, 0.3) is 0 Å². The summed E-state index contributed by atoms with van der Waals surface area (Å²) in [4.78, 5) is 0. The molecule has 16 heavy (non-hydrogen) atoms. The first kappa shape index (κ1) is 11.9. The molecular formula is C12H16BrNO2. The van der Waals surface area contributed by atoms with Gasteiger partial charge in [-0.25, -0.2) is 5.48 Å². The number of nitrogens with one attached hydrogen (secondary N) is 1. The number of hydrogen-bond donors (Lipinski definition) is 3.